The summed E-state index contributed by atoms with van der Waals surface area (Å²) in [7, 11) is 3.22. The normalized spacial score (nSPS) is 13.9. The van der Waals surface area contributed by atoms with Crippen molar-refractivity contribution in [3.8, 4) is 17.3 Å². The highest BCUT2D eigenvalue weighted by molar-refractivity contribution is 7.90. The Morgan fingerprint density at radius 1 is 1.05 bits per heavy atom. The van der Waals surface area contributed by atoms with Gasteiger partial charge in [0, 0.05) is 29.4 Å². The van der Waals surface area contributed by atoms with E-state index in [1.165, 1.54) is 11.7 Å². The lowest BCUT2D eigenvalue weighted by molar-refractivity contribution is 0.0377. The van der Waals surface area contributed by atoms with Crippen molar-refractivity contribution in [2.24, 2.45) is 7.05 Å². The largest absolute Gasteiger partial charge is 0.598 e. The van der Waals surface area contributed by atoms with Crippen LogP contribution in [0.1, 0.15) is 84.3 Å². The number of nitrogens with one attached hydrogen (secondary N) is 1. The van der Waals surface area contributed by atoms with E-state index in [1.807, 2.05) is 20.8 Å². The third-order valence-electron chi connectivity index (χ3n) is 6.78. The summed E-state index contributed by atoms with van der Waals surface area (Å²) in [4.78, 5) is 31.3. The molecule has 2 aromatic heterocycles. The molecule has 2 aromatic carbocycles. The van der Waals surface area contributed by atoms with Crippen molar-refractivity contribution in [3.05, 3.63) is 47.3 Å². The molecule has 0 saturated carbocycles. The summed E-state index contributed by atoms with van der Waals surface area (Å²) in [6, 6.07) is 7.52. The molecule has 0 saturated heterocycles. The zero-order valence-corrected chi connectivity index (χ0v) is 27.9. The highest BCUT2D eigenvalue weighted by Gasteiger charge is 2.32. The molecule has 0 bridgehead atoms. The van der Waals surface area contributed by atoms with Gasteiger partial charge in [-0.3, -0.25) is 0 Å². The highest BCUT2D eigenvalue weighted by atomic mass is 32.2. The van der Waals surface area contributed by atoms with E-state index in [2.05, 4.69) is 4.72 Å². The minimum Gasteiger partial charge on any atom is -0.598 e. The van der Waals surface area contributed by atoms with E-state index in [9.17, 15) is 14.1 Å². The minimum atomic E-state index is -1.46. The maximum atomic E-state index is 16.5. The van der Waals surface area contributed by atoms with Gasteiger partial charge in [-0.1, -0.05) is 12.1 Å². The Hall–Kier alpha value is -3.61. The Balaban J connectivity index is 1.97. The molecule has 12 heteroatoms. The van der Waals surface area contributed by atoms with Gasteiger partial charge < -0.3 is 23.3 Å². The first-order valence-electron chi connectivity index (χ1n) is 14.3. The SMILES string of the molecule is COc1cc(C(=O)OC(C)C)cc2nc(-c3cc4ccc([C@@H](C)N[S@@+]([O-])C(C)(C)C)c(F)c4n3C(=O)OC(C)(C)C)n(C)c12. The molecule has 238 valence electrons. The summed E-state index contributed by atoms with van der Waals surface area (Å²) < 4.78 is 51.3. The number of methoxy groups -OCH3 is 1. The second-order valence-electron chi connectivity index (χ2n) is 13.0. The topological polar surface area (TPSA) is 120 Å². The molecule has 1 N–H and O–H groups in total. The molecular weight excluding hydrogens is 587 g/mol. The summed E-state index contributed by atoms with van der Waals surface area (Å²) in [6.07, 6.45) is -1.11. The molecule has 0 aliphatic heterocycles. The van der Waals surface area contributed by atoms with Crippen LogP contribution in [0.2, 0.25) is 0 Å². The van der Waals surface area contributed by atoms with Crippen molar-refractivity contribution in [1.29, 1.82) is 0 Å². The fourth-order valence-electron chi connectivity index (χ4n) is 4.76. The lowest BCUT2D eigenvalue weighted by atomic mass is 10.1. The van der Waals surface area contributed by atoms with Crippen LogP contribution in [0.25, 0.3) is 33.5 Å². The predicted molar refractivity (Wildman–Crippen MR) is 170 cm³/mol. The van der Waals surface area contributed by atoms with E-state index in [4.69, 9.17) is 19.2 Å². The van der Waals surface area contributed by atoms with Crippen LogP contribution < -0.4 is 9.46 Å². The number of nitrogens with zero attached hydrogens (tertiary/aromatic N) is 3. The van der Waals surface area contributed by atoms with Crippen LogP contribution in [0.3, 0.4) is 0 Å². The number of hydrogen-bond donors (Lipinski definition) is 1. The minimum absolute atomic E-state index is 0.00200. The quantitative estimate of drug-likeness (QED) is 0.175. The Bertz CT molecular complexity index is 1730. The molecule has 0 amide bonds. The number of hydrogen-bond acceptors (Lipinski definition) is 8. The number of imidazole rings is 1. The number of fused-ring (bicyclic) bond motifs is 2. The van der Waals surface area contributed by atoms with Crippen molar-refractivity contribution in [3.63, 3.8) is 0 Å². The van der Waals surface area contributed by atoms with Crippen molar-refractivity contribution < 1.29 is 32.7 Å². The summed E-state index contributed by atoms with van der Waals surface area (Å²) in [6.45, 7) is 15.9. The summed E-state index contributed by atoms with van der Waals surface area (Å²) in [5.74, 6) is -0.490. The van der Waals surface area contributed by atoms with E-state index in [0.29, 0.717) is 28.0 Å². The van der Waals surface area contributed by atoms with Gasteiger partial charge in [0.1, 0.15) is 21.6 Å². The Labute approximate surface area is 260 Å². The first kappa shape index (κ1) is 33.3. The van der Waals surface area contributed by atoms with Crippen molar-refractivity contribution in [2.75, 3.05) is 7.11 Å². The summed E-state index contributed by atoms with van der Waals surface area (Å²) >= 11 is -1.46. The molecule has 0 spiro atoms. The second-order valence-corrected chi connectivity index (χ2v) is 15.0. The van der Waals surface area contributed by atoms with Crippen LogP contribution in [0.15, 0.2) is 30.3 Å². The highest BCUT2D eigenvalue weighted by Crippen LogP contribution is 2.37. The van der Waals surface area contributed by atoms with Crippen LogP contribution in [-0.2, 0) is 27.9 Å². The number of halogens is 1. The van der Waals surface area contributed by atoms with Gasteiger partial charge in [0.2, 0.25) is 0 Å². The number of carbonyl (C=O) groups is 2. The number of carbonyl (C=O) groups excluding carboxylic acids is 2. The van der Waals surface area contributed by atoms with Gasteiger partial charge in [-0.25, -0.2) is 23.5 Å². The van der Waals surface area contributed by atoms with E-state index in [0.717, 1.165) is 0 Å². The molecule has 0 aliphatic rings. The van der Waals surface area contributed by atoms with Gasteiger partial charge in [0.05, 0.1) is 41.5 Å². The van der Waals surface area contributed by atoms with Crippen molar-refractivity contribution >= 4 is 45.4 Å². The van der Waals surface area contributed by atoms with E-state index in [1.54, 1.807) is 83.5 Å². The van der Waals surface area contributed by atoms with Gasteiger partial charge >= 0.3 is 12.1 Å². The van der Waals surface area contributed by atoms with Crippen molar-refractivity contribution in [2.45, 2.75) is 84.8 Å². The third kappa shape index (κ3) is 6.57. The van der Waals surface area contributed by atoms with E-state index >= 15 is 4.39 Å². The molecule has 0 unspecified atom stereocenters. The van der Waals surface area contributed by atoms with Crippen LogP contribution in [-0.4, -0.2) is 54.3 Å². The monoisotopic (exact) mass is 628 g/mol. The molecule has 0 aliphatic carbocycles. The first-order valence-corrected chi connectivity index (χ1v) is 15.5. The van der Waals surface area contributed by atoms with Crippen molar-refractivity contribution in [1.82, 2.24) is 18.8 Å². The smallest absolute Gasteiger partial charge is 0.419 e. The van der Waals surface area contributed by atoms with Crippen LogP contribution in [0.5, 0.6) is 5.75 Å². The summed E-state index contributed by atoms with van der Waals surface area (Å²) in [5.41, 5.74) is 0.877. The molecular formula is C32H41FN4O6S. The molecule has 4 rings (SSSR count). The number of ether oxygens (including phenoxy) is 3. The Morgan fingerprint density at radius 3 is 2.27 bits per heavy atom. The Kier molecular flexibility index (Phi) is 9.12. The third-order valence-corrected chi connectivity index (χ3v) is 8.46. The van der Waals surface area contributed by atoms with Crippen LogP contribution in [0.4, 0.5) is 9.18 Å². The number of aromatic nitrogens is 3. The van der Waals surface area contributed by atoms with Gasteiger partial charge in [-0.05, 0) is 80.5 Å². The fourth-order valence-corrected chi connectivity index (χ4v) is 5.56. The van der Waals surface area contributed by atoms with Gasteiger partial charge in [0.25, 0.3) is 0 Å². The molecule has 0 radical (unpaired) electrons. The average Bonchev–Trinajstić information content (AvgIpc) is 3.44. The number of aryl methyl sites for hydroxylation is 1. The molecule has 10 nitrogen and oxygen atoms in total. The molecule has 0 fully saturated rings. The first-order chi connectivity index (χ1) is 20.3. The fraction of sp³-hybridized carbons (Fsp3) is 0.469. The second kappa shape index (κ2) is 12.1. The number of benzene rings is 2. The van der Waals surface area contributed by atoms with Gasteiger partial charge in [-0.2, -0.15) is 0 Å². The molecule has 2 heterocycles. The molecule has 44 heavy (non-hydrogen) atoms. The Morgan fingerprint density at radius 2 is 1.70 bits per heavy atom. The molecule has 2 atom stereocenters. The zero-order chi connectivity index (χ0) is 32.9. The average molecular weight is 629 g/mol. The maximum absolute atomic E-state index is 16.5. The van der Waals surface area contributed by atoms with Crippen LogP contribution in [0, 0.1) is 5.82 Å². The van der Waals surface area contributed by atoms with E-state index in [-0.39, 0.29) is 28.4 Å². The lowest BCUT2D eigenvalue weighted by Gasteiger charge is -2.27. The van der Waals surface area contributed by atoms with Crippen LogP contribution >= 0.6 is 0 Å². The van der Waals surface area contributed by atoms with Gasteiger partial charge in [-0.15, -0.1) is 4.72 Å². The maximum Gasteiger partial charge on any atom is 0.419 e. The number of esters is 1. The predicted octanol–water partition coefficient (Wildman–Crippen LogP) is 6.80. The summed E-state index contributed by atoms with van der Waals surface area (Å²) in [5, 5.41) is 0.441. The van der Waals surface area contributed by atoms with Gasteiger partial charge in [0.15, 0.2) is 11.6 Å². The van der Waals surface area contributed by atoms with E-state index < -0.39 is 45.6 Å². The zero-order valence-electron chi connectivity index (χ0n) is 27.1. The standard InChI is InChI=1S/C32H41FN4O6S/c1-17(2)42-29(38)20-14-22-27(24(16-20)41-11)36(10)28(34-22)23-15-19-12-13-21(18(3)35-44(40)32(7,8)9)25(33)26(19)37(23)30(39)43-31(4,5)6/h12-18,35H,1-11H3/t18-,44+/m1/s1. The lowest BCUT2D eigenvalue weighted by Crippen LogP contribution is -2.40. The number of rotatable bonds is 7. The molecule has 4 aromatic rings.